The molecule has 0 saturated heterocycles. The number of nitrogens with zero attached hydrogens (tertiary/aromatic N) is 2. The van der Waals surface area contributed by atoms with E-state index in [4.69, 9.17) is 0 Å². The molecule has 0 aliphatic rings. The summed E-state index contributed by atoms with van der Waals surface area (Å²) in [7, 11) is 1.57. The number of H-pyrrole nitrogens is 1. The van der Waals surface area contributed by atoms with Gasteiger partial charge < -0.3 is 15.6 Å². The number of carbonyl (C=O) groups is 1. The third kappa shape index (κ3) is 3.35. The van der Waals surface area contributed by atoms with Gasteiger partial charge in [-0.2, -0.15) is 0 Å². The minimum absolute atomic E-state index is 0.0384. The van der Waals surface area contributed by atoms with Crippen LogP contribution in [0.5, 0.6) is 0 Å². The molecule has 0 bridgehead atoms. The Balaban J connectivity index is 2.10. The fourth-order valence-corrected chi connectivity index (χ4v) is 1.95. The quantitative estimate of drug-likeness (QED) is 0.548. The Bertz CT molecular complexity index is 639. The summed E-state index contributed by atoms with van der Waals surface area (Å²) in [6.07, 6.45) is 3.79. The highest BCUT2D eigenvalue weighted by atomic mass is 16.6. The molecule has 0 unspecified atom stereocenters. The summed E-state index contributed by atoms with van der Waals surface area (Å²) in [6.45, 7) is 0.363. The molecule has 2 aromatic rings. The van der Waals surface area contributed by atoms with E-state index in [0.29, 0.717) is 18.7 Å². The van der Waals surface area contributed by atoms with Gasteiger partial charge >= 0.3 is 5.69 Å². The number of aromatic amines is 1. The topological polar surface area (TPSA) is 113 Å². The Hall–Kier alpha value is -2.90. The highest BCUT2D eigenvalue weighted by Crippen LogP contribution is 2.28. The number of amides is 1. The van der Waals surface area contributed by atoms with Crippen molar-refractivity contribution in [2.45, 2.75) is 6.42 Å². The number of hydrogen-bond donors (Lipinski definition) is 3. The lowest BCUT2D eigenvalue weighted by Gasteiger charge is -2.08. The lowest BCUT2D eigenvalue weighted by atomic mass is 10.1. The molecular weight excluding hydrogens is 274 g/mol. The summed E-state index contributed by atoms with van der Waals surface area (Å²) in [4.78, 5) is 29.5. The average Bonchev–Trinajstić information content (AvgIpc) is 2.99. The number of carbonyl (C=O) groups excluding carboxylic acids is 1. The third-order valence-electron chi connectivity index (χ3n) is 2.97. The highest BCUT2D eigenvalue weighted by molar-refractivity contribution is 6.00. The van der Waals surface area contributed by atoms with Crippen molar-refractivity contribution in [2.75, 3.05) is 18.9 Å². The van der Waals surface area contributed by atoms with Crippen molar-refractivity contribution in [3.63, 3.8) is 0 Å². The van der Waals surface area contributed by atoms with Crippen LogP contribution >= 0.6 is 0 Å². The van der Waals surface area contributed by atoms with Crippen molar-refractivity contribution < 1.29 is 9.72 Å². The van der Waals surface area contributed by atoms with E-state index in [0.717, 1.165) is 5.69 Å². The molecule has 1 amide bonds. The molecule has 0 spiro atoms. The SMILES string of the molecule is CNc1cccc(C(=O)NCCc2cnc[nH]2)c1[N+](=O)[O-]. The van der Waals surface area contributed by atoms with E-state index >= 15 is 0 Å². The normalized spacial score (nSPS) is 10.1. The Morgan fingerprint density at radius 3 is 2.90 bits per heavy atom. The first-order valence-electron chi connectivity index (χ1n) is 6.34. The Morgan fingerprint density at radius 2 is 2.29 bits per heavy atom. The summed E-state index contributed by atoms with van der Waals surface area (Å²) >= 11 is 0. The van der Waals surface area contributed by atoms with Crippen LogP contribution in [0, 0.1) is 10.1 Å². The number of imidazole rings is 1. The summed E-state index contributed by atoms with van der Waals surface area (Å²) in [5, 5.41) is 16.5. The molecule has 110 valence electrons. The number of anilines is 1. The molecule has 21 heavy (non-hydrogen) atoms. The van der Waals surface area contributed by atoms with Crippen LogP contribution in [0.2, 0.25) is 0 Å². The van der Waals surface area contributed by atoms with Crippen LogP contribution in [-0.2, 0) is 6.42 Å². The minimum Gasteiger partial charge on any atom is -0.383 e. The zero-order valence-corrected chi connectivity index (χ0v) is 11.4. The van der Waals surface area contributed by atoms with Crippen LogP contribution in [0.1, 0.15) is 16.1 Å². The second-order valence-electron chi connectivity index (χ2n) is 4.29. The van der Waals surface area contributed by atoms with E-state index in [1.807, 2.05) is 0 Å². The standard InChI is InChI=1S/C13H15N5O3/c1-14-11-4-2-3-10(12(11)18(20)21)13(19)16-6-5-9-7-15-8-17-9/h2-4,7-8,14H,5-6H2,1H3,(H,15,17)(H,16,19). The van der Waals surface area contributed by atoms with Gasteiger partial charge in [-0.05, 0) is 12.1 Å². The maximum atomic E-state index is 12.1. The van der Waals surface area contributed by atoms with Gasteiger partial charge in [0.25, 0.3) is 5.91 Å². The first-order chi connectivity index (χ1) is 10.1. The van der Waals surface area contributed by atoms with E-state index < -0.39 is 10.8 Å². The first-order valence-corrected chi connectivity index (χ1v) is 6.34. The van der Waals surface area contributed by atoms with Crippen LogP contribution in [0.4, 0.5) is 11.4 Å². The van der Waals surface area contributed by atoms with Crippen molar-refractivity contribution in [2.24, 2.45) is 0 Å². The van der Waals surface area contributed by atoms with Crippen LogP contribution in [-0.4, -0.2) is 34.4 Å². The fraction of sp³-hybridized carbons (Fsp3) is 0.231. The third-order valence-corrected chi connectivity index (χ3v) is 2.97. The monoisotopic (exact) mass is 289 g/mol. The van der Waals surface area contributed by atoms with E-state index in [-0.39, 0.29) is 11.3 Å². The molecule has 0 atom stereocenters. The number of nitro benzene ring substituents is 1. The molecule has 0 saturated carbocycles. The predicted octanol–water partition coefficient (Wildman–Crippen LogP) is 1.33. The van der Waals surface area contributed by atoms with Gasteiger partial charge in [-0.3, -0.25) is 14.9 Å². The molecular formula is C13H15N5O3. The molecule has 8 nitrogen and oxygen atoms in total. The van der Waals surface area contributed by atoms with E-state index in [1.165, 1.54) is 6.07 Å². The maximum absolute atomic E-state index is 12.1. The van der Waals surface area contributed by atoms with E-state index in [9.17, 15) is 14.9 Å². The second kappa shape index (κ2) is 6.51. The number of nitrogens with one attached hydrogen (secondary N) is 3. The van der Waals surface area contributed by atoms with Crippen molar-refractivity contribution in [1.29, 1.82) is 0 Å². The Morgan fingerprint density at radius 1 is 1.48 bits per heavy atom. The molecule has 8 heteroatoms. The van der Waals surface area contributed by atoms with Crippen molar-refractivity contribution >= 4 is 17.3 Å². The number of aromatic nitrogens is 2. The van der Waals surface area contributed by atoms with Crippen molar-refractivity contribution in [1.82, 2.24) is 15.3 Å². The first kappa shape index (κ1) is 14.5. The van der Waals surface area contributed by atoms with Gasteiger partial charge in [-0.15, -0.1) is 0 Å². The summed E-state index contributed by atoms with van der Waals surface area (Å²) in [5.74, 6) is -0.474. The van der Waals surface area contributed by atoms with Gasteiger partial charge in [0, 0.05) is 31.9 Å². The fourth-order valence-electron chi connectivity index (χ4n) is 1.95. The van der Waals surface area contributed by atoms with Gasteiger partial charge in [-0.25, -0.2) is 4.98 Å². The van der Waals surface area contributed by atoms with Crippen LogP contribution in [0.15, 0.2) is 30.7 Å². The smallest absolute Gasteiger partial charge is 0.305 e. The molecule has 0 radical (unpaired) electrons. The molecule has 1 heterocycles. The molecule has 3 N–H and O–H groups in total. The average molecular weight is 289 g/mol. The second-order valence-corrected chi connectivity index (χ2v) is 4.29. The number of hydrogen-bond acceptors (Lipinski definition) is 5. The summed E-state index contributed by atoms with van der Waals surface area (Å²) in [6, 6.07) is 4.59. The predicted molar refractivity (Wildman–Crippen MR) is 77.3 cm³/mol. The lowest BCUT2D eigenvalue weighted by Crippen LogP contribution is -2.26. The molecule has 2 rings (SSSR count). The van der Waals surface area contributed by atoms with Gasteiger partial charge in [0.05, 0.1) is 11.3 Å². The van der Waals surface area contributed by atoms with E-state index in [2.05, 4.69) is 20.6 Å². The molecule has 0 aliphatic heterocycles. The summed E-state index contributed by atoms with van der Waals surface area (Å²) in [5.41, 5.74) is 1.01. The molecule has 1 aromatic carbocycles. The minimum atomic E-state index is -0.560. The van der Waals surface area contributed by atoms with Crippen molar-refractivity contribution in [3.8, 4) is 0 Å². The summed E-state index contributed by atoms with van der Waals surface area (Å²) < 4.78 is 0. The van der Waals surface area contributed by atoms with Gasteiger partial charge in [-0.1, -0.05) is 6.07 Å². The maximum Gasteiger partial charge on any atom is 0.305 e. The van der Waals surface area contributed by atoms with Crippen LogP contribution in [0.25, 0.3) is 0 Å². The largest absolute Gasteiger partial charge is 0.383 e. The Labute approximate surface area is 120 Å². The number of para-hydroxylation sites is 1. The molecule has 1 aromatic heterocycles. The zero-order chi connectivity index (χ0) is 15.2. The zero-order valence-electron chi connectivity index (χ0n) is 11.4. The highest BCUT2D eigenvalue weighted by Gasteiger charge is 2.23. The van der Waals surface area contributed by atoms with Crippen molar-refractivity contribution in [3.05, 3.63) is 52.1 Å². The van der Waals surface area contributed by atoms with Gasteiger partial charge in [0.15, 0.2) is 0 Å². The lowest BCUT2D eigenvalue weighted by molar-refractivity contribution is -0.384. The number of rotatable bonds is 6. The molecule has 0 fully saturated rings. The number of benzene rings is 1. The van der Waals surface area contributed by atoms with Crippen LogP contribution in [0.3, 0.4) is 0 Å². The van der Waals surface area contributed by atoms with Gasteiger partial charge in [0.1, 0.15) is 11.3 Å². The van der Waals surface area contributed by atoms with E-state index in [1.54, 1.807) is 31.7 Å². The van der Waals surface area contributed by atoms with Gasteiger partial charge in [0.2, 0.25) is 0 Å². The van der Waals surface area contributed by atoms with Crippen LogP contribution < -0.4 is 10.6 Å². The molecule has 0 aliphatic carbocycles. The number of nitro groups is 1. The Kier molecular flexibility index (Phi) is 4.50.